The Hall–Kier alpha value is -1.66. The van der Waals surface area contributed by atoms with Crippen LogP contribution in [0.25, 0.3) is 10.1 Å². The average molecular weight is 251 g/mol. The van der Waals surface area contributed by atoms with Gasteiger partial charge >= 0.3 is 0 Å². The quantitative estimate of drug-likeness (QED) is 0.432. The zero-order chi connectivity index (χ0) is 11.5. The Labute approximate surface area is 101 Å². The highest BCUT2D eigenvalue weighted by atomic mass is 32.1. The Balaban J connectivity index is 2.34. The lowest BCUT2D eigenvalue weighted by atomic mass is 10.2. The fourth-order valence-corrected chi connectivity index (χ4v) is 2.32. The molecule has 0 saturated heterocycles. The predicted octanol–water partition coefficient (Wildman–Crippen LogP) is 1.77. The highest BCUT2D eigenvalue weighted by molar-refractivity contribution is 7.80. The van der Waals surface area contributed by atoms with E-state index in [2.05, 4.69) is 22.7 Å². The molecule has 2 aromatic rings. The maximum atomic E-state index is 9.88. The molecule has 0 spiro atoms. The van der Waals surface area contributed by atoms with E-state index in [1.165, 1.54) is 17.6 Å². The van der Waals surface area contributed by atoms with Crippen molar-refractivity contribution in [3.8, 4) is 5.75 Å². The van der Waals surface area contributed by atoms with Gasteiger partial charge in [0.2, 0.25) is 0 Å². The van der Waals surface area contributed by atoms with Gasteiger partial charge in [0, 0.05) is 10.1 Å². The van der Waals surface area contributed by atoms with Crippen LogP contribution in [-0.2, 0) is 0 Å². The summed E-state index contributed by atoms with van der Waals surface area (Å²) in [5.74, 6) is 0.231. The molecular weight excluding hydrogens is 242 g/mol. The van der Waals surface area contributed by atoms with Crippen molar-refractivity contribution in [1.29, 1.82) is 0 Å². The molecule has 0 unspecified atom stereocenters. The van der Waals surface area contributed by atoms with Crippen LogP contribution in [0, 0.1) is 0 Å². The van der Waals surface area contributed by atoms with Gasteiger partial charge in [-0.2, -0.15) is 5.10 Å². The number of thiocarbonyl (C=S) groups is 1. The Bertz CT molecular complexity index is 562. The first-order valence-corrected chi connectivity index (χ1v) is 5.70. The Morgan fingerprint density at radius 3 is 2.94 bits per heavy atom. The van der Waals surface area contributed by atoms with Crippen molar-refractivity contribution in [3.05, 3.63) is 29.1 Å². The number of rotatable bonds is 2. The molecule has 0 fully saturated rings. The number of benzene rings is 1. The largest absolute Gasteiger partial charge is 0.506 e. The van der Waals surface area contributed by atoms with Gasteiger partial charge in [-0.3, -0.25) is 5.43 Å². The fourth-order valence-electron chi connectivity index (χ4n) is 1.29. The molecule has 4 N–H and O–H groups in total. The van der Waals surface area contributed by atoms with E-state index in [0.29, 0.717) is 4.88 Å². The first-order chi connectivity index (χ1) is 7.68. The van der Waals surface area contributed by atoms with Crippen LogP contribution in [0.2, 0.25) is 0 Å². The van der Waals surface area contributed by atoms with Crippen molar-refractivity contribution in [1.82, 2.24) is 5.43 Å². The Morgan fingerprint density at radius 1 is 1.50 bits per heavy atom. The monoisotopic (exact) mass is 251 g/mol. The van der Waals surface area contributed by atoms with Gasteiger partial charge in [-0.1, -0.05) is 12.1 Å². The molecule has 82 valence electrons. The summed E-state index contributed by atoms with van der Waals surface area (Å²) in [5.41, 5.74) is 7.66. The molecule has 0 bridgehead atoms. The number of nitrogens with two attached hydrogens (primary N) is 1. The van der Waals surface area contributed by atoms with Gasteiger partial charge in [-0.15, -0.1) is 11.3 Å². The Kier molecular flexibility index (Phi) is 3.02. The first-order valence-electron chi connectivity index (χ1n) is 4.47. The molecule has 6 heteroatoms. The standard InChI is InChI=1S/C10H9N3OS2/c11-10(15)13-12-5-8-9(14)6-3-1-2-4-7(6)16-8/h1-5,14H,(H3,11,13,15)/b12-5+. The van der Waals surface area contributed by atoms with Crippen LogP contribution in [-0.4, -0.2) is 16.4 Å². The number of fused-ring (bicyclic) bond motifs is 1. The van der Waals surface area contributed by atoms with E-state index < -0.39 is 0 Å². The smallest absolute Gasteiger partial charge is 0.184 e. The second-order valence-corrected chi connectivity index (χ2v) is 4.57. The van der Waals surface area contributed by atoms with Crippen molar-refractivity contribution >= 4 is 45.0 Å². The third-order valence-electron chi connectivity index (χ3n) is 1.95. The lowest BCUT2D eigenvalue weighted by Gasteiger charge is -1.93. The molecule has 0 aliphatic carbocycles. The number of nitrogens with one attached hydrogen (secondary N) is 1. The lowest BCUT2D eigenvalue weighted by Crippen LogP contribution is -2.23. The fraction of sp³-hybridized carbons (Fsp3) is 0. The van der Waals surface area contributed by atoms with Gasteiger partial charge in [-0.25, -0.2) is 0 Å². The van der Waals surface area contributed by atoms with Crippen molar-refractivity contribution in [3.63, 3.8) is 0 Å². The number of hydrogen-bond donors (Lipinski definition) is 3. The van der Waals surface area contributed by atoms with Gasteiger partial charge in [-0.05, 0) is 24.4 Å². The van der Waals surface area contributed by atoms with E-state index in [9.17, 15) is 5.11 Å². The average Bonchev–Trinajstić information content (AvgIpc) is 2.56. The van der Waals surface area contributed by atoms with Crippen LogP contribution in [0.1, 0.15) is 4.88 Å². The summed E-state index contributed by atoms with van der Waals surface area (Å²) in [6, 6.07) is 7.60. The van der Waals surface area contributed by atoms with Gasteiger partial charge in [0.25, 0.3) is 0 Å². The predicted molar refractivity (Wildman–Crippen MR) is 71.0 cm³/mol. The molecule has 0 aliphatic rings. The van der Waals surface area contributed by atoms with E-state index in [0.717, 1.165) is 10.1 Å². The number of aromatic hydroxyl groups is 1. The van der Waals surface area contributed by atoms with E-state index in [4.69, 9.17) is 5.73 Å². The maximum Gasteiger partial charge on any atom is 0.184 e. The molecule has 0 radical (unpaired) electrons. The van der Waals surface area contributed by atoms with Gasteiger partial charge < -0.3 is 10.8 Å². The van der Waals surface area contributed by atoms with Crippen molar-refractivity contribution < 1.29 is 5.11 Å². The second kappa shape index (κ2) is 4.46. The third-order valence-corrected chi connectivity index (χ3v) is 3.14. The number of hydrogen-bond acceptors (Lipinski definition) is 4. The molecule has 4 nitrogen and oxygen atoms in total. The van der Waals surface area contributed by atoms with Crippen molar-refractivity contribution in [2.24, 2.45) is 10.8 Å². The van der Waals surface area contributed by atoms with Crippen LogP contribution < -0.4 is 11.2 Å². The minimum absolute atomic E-state index is 0.0943. The number of hydrazone groups is 1. The summed E-state index contributed by atoms with van der Waals surface area (Å²) < 4.78 is 1.01. The minimum atomic E-state index is 0.0943. The van der Waals surface area contributed by atoms with Crippen molar-refractivity contribution in [2.75, 3.05) is 0 Å². The first kappa shape index (κ1) is 10.8. The highest BCUT2D eigenvalue weighted by Gasteiger charge is 2.07. The molecule has 1 heterocycles. The van der Waals surface area contributed by atoms with Crippen LogP contribution in [0.3, 0.4) is 0 Å². The minimum Gasteiger partial charge on any atom is -0.506 e. The molecule has 2 rings (SSSR count). The van der Waals surface area contributed by atoms with E-state index in [1.807, 2.05) is 24.3 Å². The molecular formula is C10H9N3OS2. The topological polar surface area (TPSA) is 70.6 Å². The second-order valence-electron chi connectivity index (χ2n) is 3.05. The molecule has 0 atom stereocenters. The summed E-state index contributed by atoms with van der Waals surface area (Å²) in [6.45, 7) is 0. The summed E-state index contributed by atoms with van der Waals surface area (Å²) in [4.78, 5) is 0.671. The maximum absolute atomic E-state index is 9.88. The van der Waals surface area contributed by atoms with Crippen molar-refractivity contribution in [2.45, 2.75) is 0 Å². The zero-order valence-electron chi connectivity index (χ0n) is 8.18. The van der Waals surface area contributed by atoms with Crippen LogP contribution >= 0.6 is 23.6 Å². The zero-order valence-corrected chi connectivity index (χ0v) is 9.81. The highest BCUT2D eigenvalue weighted by Crippen LogP contribution is 2.35. The number of thiophene rings is 1. The molecule has 0 saturated carbocycles. The summed E-state index contributed by atoms with van der Waals surface area (Å²) in [6.07, 6.45) is 1.50. The molecule has 0 aliphatic heterocycles. The molecule has 1 aromatic heterocycles. The molecule has 0 amide bonds. The van der Waals surface area contributed by atoms with Crippen LogP contribution in [0.5, 0.6) is 5.75 Å². The third kappa shape index (κ3) is 2.12. The van der Waals surface area contributed by atoms with E-state index >= 15 is 0 Å². The van der Waals surface area contributed by atoms with E-state index in [1.54, 1.807) is 0 Å². The summed E-state index contributed by atoms with van der Waals surface area (Å²) in [5, 5.41) is 14.6. The summed E-state index contributed by atoms with van der Waals surface area (Å²) in [7, 11) is 0. The normalized spacial score (nSPS) is 11.0. The van der Waals surface area contributed by atoms with Gasteiger partial charge in [0.05, 0.1) is 11.1 Å². The van der Waals surface area contributed by atoms with Gasteiger partial charge in [0.15, 0.2) is 5.11 Å². The molecule has 1 aromatic carbocycles. The van der Waals surface area contributed by atoms with Crippen LogP contribution in [0.4, 0.5) is 0 Å². The number of nitrogens with zero attached hydrogens (tertiary/aromatic N) is 1. The Morgan fingerprint density at radius 2 is 2.25 bits per heavy atom. The van der Waals surface area contributed by atoms with Gasteiger partial charge in [0.1, 0.15) is 5.75 Å². The lowest BCUT2D eigenvalue weighted by molar-refractivity contribution is 0.483. The SMILES string of the molecule is NC(=S)N/N=C/c1sc2ccccc2c1O. The van der Waals surface area contributed by atoms with Crippen LogP contribution in [0.15, 0.2) is 29.4 Å². The van der Waals surface area contributed by atoms with E-state index in [-0.39, 0.29) is 10.9 Å². The summed E-state index contributed by atoms with van der Waals surface area (Å²) >= 11 is 6.05. The molecule has 16 heavy (non-hydrogen) atoms.